The van der Waals surface area contributed by atoms with E-state index in [1.165, 1.54) is 5.56 Å². The molecule has 0 aromatic heterocycles. The van der Waals surface area contributed by atoms with Crippen LogP contribution < -0.4 is 5.32 Å². The number of aryl methyl sites for hydroxylation is 1. The third-order valence-corrected chi connectivity index (χ3v) is 3.27. The fourth-order valence-electron chi connectivity index (χ4n) is 1.96. The van der Waals surface area contributed by atoms with E-state index in [0.717, 1.165) is 23.6 Å². The first-order valence-electron chi connectivity index (χ1n) is 5.25. The van der Waals surface area contributed by atoms with Gasteiger partial charge in [0.05, 0.1) is 0 Å². The summed E-state index contributed by atoms with van der Waals surface area (Å²) in [7, 11) is 0. The fraction of sp³-hybridized carbons (Fsp3) is 0.417. The highest BCUT2D eigenvalue weighted by molar-refractivity contribution is 6.31. The number of nitrogens with one attached hydrogen (secondary N) is 1. The van der Waals surface area contributed by atoms with Gasteiger partial charge in [-0.2, -0.15) is 0 Å². The Balaban J connectivity index is 2.25. The Hall–Kier alpha value is -1.02. The Labute approximate surface area is 94.6 Å². The van der Waals surface area contributed by atoms with Gasteiger partial charge >= 0.3 is 0 Å². The molecule has 0 aliphatic carbocycles. The topological polar surface area (TPSA) is 29.1 Å². The Kier molecular flexibility index (Phi) is 2.96. The van der Waals surface area contributed by atoms with E-state index in [4.69, 9.17) is 11.6 Å². The van der Waals surface area contributed by atoms with Crippen molar-refractivity contribution in [2.45, 2.75) is 25.7 Å². The molecule has 0 unspecified atom stereocenters. The molecule has 0 bridgehead atoms. The molecule has 1 aliphatic rings. The summed E-state index contributed by atoms with van der Waals surface area (Å²) in [6.45, 7) is 2.84. The summed E-state index contributed by atoms with van der Waals surface area (Å²) in [5, 5.41) is 3.67. The molecule has 1 aromatic carbocycles. The summed E-state index contributed by atoms with van der Waals surface area (Å²) in [6.07, 6.45) is 1.53. The zero-order valence-electron chi connectivity index (χ0n) is 8.72. The number of carbonyl (C=O) groups excluding carboxylic acids is 1. The van der Waals surface area contributed by atoms with Gasteiger partial charge in [0.2, 0.25) is 5.91 Å². The van der Waals surface area contributed by atoms with Gasteiger partial charge in [0.25, 0.3) is 0 Å². The average molecular weight is 224 g/mol. The summed E-state index contributed by atoms with van der Waals surface area (Å²) in [4.78, 5) is 11.1. The first kappa shape index (κ1) is 10.5. The van der Waals surface area contributed by atoms with Crippen molar-refractivity contribution in [3.63, 3.8) is 0 Å². The maximum absolute atomic E-state index is 11.1. The molecule has 0 radical (unpaired) electrons. The minimum atomic E-state index is 0.146. The standard InChI is InChI=1S/C12H14ClNO/c1-2-8-5-9(3-4-11(8)13)10-6-12(15)14-7-10/h3-5,10H,2,6-7H2,1H3,(H,14,15)/t10-/m0/s1. The lowest BCUT2D eigenvalue weighted by Gasteiger charge is -2.10. The third kappa shape index (κ3) is 2.15. The fourth-order valence-corrected chi connectivity index (χ4v) is 2.21. The van der Waals surface area contributed by atoms with Crippen molar-refractivity contribution in [2.75, 3.05) is 6.54 Å². The zero-order valence-corrected chi connectivity index (χ0v) is 9.47. The molecule has 15 heavy (non-hydrogen) atoms. The van der Waals surface area contributed by atoms with Crippen LogP contribution in [0.2, 0.25) is 5.02 Å². The van der Waals surface area contributed by atoms with Crippen LogP contribution >= 0.6 is 11.6 Å². The Bertz CT molecular complexity index is 389. The van der Waals surface area contributed by atoms with Crippen molar-refractivity contribution in [1.82, 2.24) is 5.32 Å². The van der Waals surface area contributed by atoms with Gasteiger partial charge in [0.15, 0.2) is 0 Å². The average Bonchev–Trinajstić information content (AvgIpc) is 2.66. The monoisotopic (exact) mass is 223 g/mol. The summed E-state index contributed by atoms with van der Waals surface area (Å²) < 4.78 is 0. The summed E-state index contributed by atoms with van der Waals surface area (Å²) in [6, 6.07) is 6.07. The molecule has 1 aliphatic heterocycles. The Morgan fingerprint density at radius 3 is 2.93 bits per heavy atom. The van der Waals surface area contributed by atoms with E-state index in [1.807, 2.05) is 12.1 Å². The molecule has 80 valence electrons. The number of rotatable bonds is 2. The lowest BCUT2D eigenvalue weighted by atomic mass is 9.96. The van der Waals surface area contributed by atoms with Gasteiger partial charge < -0.3 is 5.32 Å². The van der Waals surface area contributed by atoms with Crippen LogP contribution in [0.1, 0.15) is 30.4 Å². The van der Waals surface area contributed by atoms with Crippen LogP contribution in [0.5, 0.6) is 0 Å². The van der Waals surface area contributed by atoms with Crippen molar-refractivity contribution in [3.8, 4) is 0 Å². The Morgan fingerprint density at radius 2 is 2.33 bits per heavy atom. The van der Waals surface area contributed by atoms with Crippen LogP contribution in [-0.2, 0) is 11.2 Å². The molecule has 1 N–H and O–H groups in total. The van der Waals surface area contributed by atoms with Crippen molar-refractivity contribution in [1.29, 1.82) is 0 Å². The number of halogens is 1. The molecule has 1 saturated heterocycles. The molecule has 3 heteroatoms. The van der Waals surface area contributed by atoms with Gasteiger partial charge in [0, 0.05) is 23.9 Å². The van der Waals surface area contributed by atoms with E-state index in [0.29, 0.717) is 12.3 Å². The van der Waals surface area contributed by atoms with Crippen LogP contribution in [0.15, 0.2) is 18.2 Å². The highest BCUT2D eigenvalue weighted by atomic mass is 35.5. The van der Waals surface area contributed by atoms with Crippen LogP contribution in [-0.4, -0.2) is 12.5 Å². The minimum Gasteiger partial charge on any atom is -0.355 e. The van der Waals surface area contributed by atoms with Crippen molar-refractivity contribution < 1.29 is 4.79 Å². The maximum Gasteiger partial charge on any atom is 0.220 e. The second kappa shape index (κ2) is 4.23. The van der Waals surface area contributed by atoms with Gasteiger partial charge in [-0.25, -0.2) is 0 Å². The van der Waals surface area contributed by atoms with Gasteiger partial charge in [-0.05, 0) is 23.6 Å². The molecule has 1 amide bonds. The van der Waals surface area contributed by atoms with Crippen LogP contribution in [0.25, 0.3) is 0 Å². The molecule has 1 heterocycles. The SMILES string of the molecule is CCc1cc([C@@H]2CNC(=O)C2)ccc1Cl. The van der Waals surface area contributed by atoms with Gasteiger partial charge in [-0.1, -0.05) is 30.7 Å². The maximum atomic E-state index is 11.1. The first-order chi connectivity index (χ1) is 7.20. The number of amides is 1. The second-order valence-electron chi connectivity index (χ2n) is 3.91. The molecular weight excluding hydrogens is 210 g/mol. The quantitative estimate of drug-likeness (QED) is 0.820. The minimum absolute atomic E-state index is 0.146. The van der Waals surface area contributed by atoms with Gasteiger partial charge in [0.1, 0.15) is 0 Å². The smallest absolute Gasteiger partial charge is 0.220 e. The lowest BCUT2D eigenvalue weighted by Crippen LogP contribution is -2.13. The molecule has 0 spiro atoms. The molecular formula is C12H14ClNO. The predicted molar refractivity (Wildman–Crippen MR) is 61.2 cm³/mol. The number of benzene rings is 1. The van der Waals surface area contributed by atoms with E-state index in [2.05, 4.69) is 18.3 Å². The molecule has 2 rings (SSSR count). The molecule has 1 aromatic rings. The molecule has 0 saturated carbocycles. The van der Waals surface area contributed by atoms with Gasteiger partial charge in [-0.15, -0.1) is 0 Å². The van der Waals surface area contributed by atoms with Gasteiger partial charge in [-0.3, -0.25) is 4.79 Å². The van der Waals surface area contributed by atoms with E-state index in [-0.39, 0.29) is 5.91 Å². The third-order valence-electron chi connectivity index (χ3n) is 2.90. The van der Waals surface area contributed by atoms with E-state index in [1.54, 1.807) is 0 Å². The molecule has 2 nitrogen and oxygen atoms in total. The van der Waals surface area contributed by atoms with Crippen LogP contribution in [0, 0.1) is 0 Å². The lowest BCUT2D eigenvalue weighted by molar-refractivity contribution is -0.119. The van der Waals surface area contributed by atoms with E-state index >= 15 is 0 Å². The zero-order chi connectivity index (χ0) is 10.8. The van der Waals surface area contributed by atoms with Crippen LogP contribution in [0.4, 0.5) is 0 Å². The highest BCUT2D eigenvalue weighted by Gasteiger charge is 2.23. The van der Waals surface area contributed by atoms with Crippen molar-refractivity contribution in [2.24, 2.45) is 0 Å². The summed E-state index contributed by atoms with van der Waals surface area (Å²) >= 11 is 6.05. The molecule has 1 fully saturated rings. The Morgan fingerprint density at radius 1 is 1.53 bits per heavy atom. The summed E-state index contributed by atoms with van der Waals surface area (Å²) in [5.41, 5.74) is 2.38. The molecule has 1 atom stereocenters. The highest BCUT2D eigenvalue weighted by Crippen LogP contribution is 2.27. The second-order valence-corrected chi connectivity index (χ2v) is 4.32. The first-order valence-corrected chi connectivity index (χ1v) is 5.63. The normalized spacial score (nSPS) is 20.4. The summed E-state index contributed by atoms with van der Waals surface area (Å²) in [5.74, 6) is 0.466. The van der Waals surface area contributed by atoms with Crippen LogP contribution in [0.3, 0.4) is 0 Å². The predicted octanol–water partition coefficient (Wildman–Crippen LogP) is 2.51. The van der Waals surface area contributed by atoms with E-state index < -0.39 is 0 Å². The number of carbonyl (C=O) groups is 1. The van der Waals surface area contributed by atoms with Crippen molar-refractivity contribution in [3.05, 3.63) is 34.3 Å². The van der Waals surface area contributed by atoms with E-state index in [9.17, 15) is 4.79 Å². The number of hydrogen-bond acceptors (Lipinski definition) is 1. The van der Waals surface area contributed by atoms with Crippen molar-refractivity contribution >= 4 is 17.5 Å². The largest absolute Gasteiger partial charge is 0.355 e. The number of hydrogen-bond donors (Lipinski definition) is 1.